The van der Waals surface area contributed by atoms with Gasteiger partial charge in [0, 0.05) is 5.69 Å². The fourth-order valence-corrected chi connectivity index (χ4v) is 2.12. The Balaban J connectivity index is 1.89. The highest BCUT2D eigenvalue weighted by atomic mass is 35.5. The van der Waals surface area contributed by atoms with E-state index in [4.69, 9.17) is 16.3 Å². The van der Waals surface area contributed by atoms with Gasteiger partial charge in [-0.3, -0.25) is 4.79 Å². The largest absolute Gasteiger partial charge is 0.451 e. The van der Waals surface area contributed by atoms with Crippen LogP contribution in [0.1, 0.15) is 15.4 Å². The van der Waals surface area contributed by atoms with Gasteiger partial charge in [-0.1, -0.05) is 16.1 Å². The van der Waals surface area contributed by atoms with E-state index in [2.05, 4.69) is 14.9 Å². The molecule has 1 heterocycles. The second-order valence-corrected chi connectivity index (χ2v) is 5.10. The van der Waals surface area contributed by atoms with E-state index >= 15 is 0 Å². The number of rotatable bonds is 4. The highest BCUT2D eigenvalue weighted by molar-refractivity contribution is 7.07. The fraction of sp³-hybridized carbons (Fsp3) is 0.167. The number of carbonyl (C=O) groups excluding carboxylic acids is 2. The summed E-state index contributed by atoms with van der Waals surface area (Å²) in [6.45, 7) is 1.13. The van der Waals surface area contributed by atoms with Crippen LogP contribution in [0, 0.1) is 12.7 Å². The number of amides is 1. The summed E-state index contributed by atoms with van der Waals surface area (Å²) >= 11 is 6.48. The standard InChI is InChI=1S/C12H9ClFN3O3S/c1-6-11(21-17-16-6)12(19)20-5-10(18)15-7-2-3-9(14)8(13)4-7/h2-4H,5H2,1H3,(H,15,18). The molecular formula is C12H9ClFN3O3S. The number of halogens is 2. The average Bonchev–Trinajstić information content (AvgIpc) is 2.86. The summed E-state index contributed by atoms with van der Waals surface area (Å²) in [5.41, 5.74) is 0.744. The quantitative estimate of drug-likeness (QED) is 0.871. The van der Waals surface area contributed by atoms with Crippen LogP contribution >= 0.6 is 23.1 Å². The molecule has 0 spiro atoms. The third-order valence-corrected chi connectivity index (χ3v) is 3.47. The van der Waals surface area contributed by atoms with Crippen molar-refractivity contribution in [3.05, 3.63) is 39.6 Å². The first kappa shape index (κ1) is 15.3. The van der Waals surface area contributed by atoms with Gasteiger partial charge in [-0.15, -0.1) is 5.10 Å². The predicted molar refractivity (Wildman–Crippen MR) is 75.0 cm³/mol. The number of hydrogen-bond acceptors (Lipinski definition) is 6. The monoisotopic (exact) mass is 329 g/mol. The SMILES string of the molecule is Cc1nnsc1C(=O)OCC(=O)Nc1ccc(F)c(Cl)c1. The van der Waals surface area contributed by atoms with Gasteiger partial charge < -0.3 is 10.1 Å². The minimum absolute atomic E-state index is 0.115. The molecule has 0 radical (unpaired) electrons. The molecule has 0 atom stereocenters. The Kier molecular flexibility index (Phi) is 4.81. The van der Waals surface area contributed by atoms with Crippen LogP contribution in [0.2, 0.25) is 5.02 Å². The lowest BCUT2D eigenvalue weighted by Gasteiger charge is -2.06. The molecule has 1 amide bonds. The summed E-state index contributed by atoms with van der Waals surface area (Å²) in [7, 11) is 0. The normalized spacial score (nSPS) is 10.2. The van der Waals surface area contributed by atoms with Crippen LogP contribution in [-0.2, 0) is 9.53 Å². The summed E-state index contributed by atoms with van der Waals surface area (Å²) in [5, 5.41) is 5.98. The average molecular weight is 330 g/mol. The van der Waals surface area contributed by atoms with E-state index in [9.17, 15) is 14.0 Å². The van der Waals surface area contributed by atoms with Crippen LogP contribution in [0.4, 0.5) is 10.1 Å². The smallest absolute Gasteiger partial charge is 0.352 e. The molecule has 0 bridgehead atoms. The van der Waals surface area contributed by atoms with E-state index in [0.717, 1.165) is 17.6 Å². The van der Waals surface area contributed by atoms with Gasteiger partial charge in [-0.2, -0.15) is 0 Å². The molecule has 0 fully saturated rings. The van der Waals surface area contributed by atoms with Gasteiger partial charge in [-0.25, -0.2) is 9.18 Å². The molecule has 0 saturated carbocycles. The van der Waals surface area contributed by atoms with Crippen molar-refractivity contribution in [3.63, 3.8) is 0 Å². The maximum Gasteiger partial charge on any atom is 0.352 e. The molecule has 0 saturated heterocycles. The third-order valence-electron chi connectivity index (χ3n) is 2.37. The topological polar surface area (TPSA) is 81.2 Å². The van der Waals surface area contributed by atoms with E-state index < -0.39 is 24.3 Å². The fourth-order valence-electron chi connectivity index (χ4n) is 1.39. The van der Waals surface area contributed by atoms with E-state index in [1.54, 1.807) is 6.92 Å². The lowest BCUT2D eigenvalue weighted by molar-refractivity contribution is -0.119. The molecule has 1 aromatic carbocycles. The number of ether oxygens (including phenoxy) is 1. The molecule has 0 aliphatic rings. The van der Waals surface area contributed by atoms with Crippen LogP contribution in [0.5, 0.6) is 0 Å². The molecule has 1 N–H and O–H groups in total. The first-order valence-corrected chi connectivity index (χ1v) is 6.83. The number of esters is 1. The first-order valence-electron chi connectivity index (χ1n) is 5.68. The minimum atomic E-state index is -0.671. The molecular weight excluding hydrogens is 321 g/mol. The number of aryl methyl sites for hydroxylation is 1. The lowest BCUT2D eigenvalue weighted by Crippen LogP contribution is -2.20. The molecule has 9 heteroatoms. The summed E-state index contributed by atoms with van der Waals surface area (Å²) in [6, 6.07) is 3.72. The van der Waals surface area contributed by atoms with Crippen molar-refractivity contribution in [2.75, 3.05) is 11.9 Å². The molecule has 21 heavy (non-hydrogen) atoms. The van der Waals surface area contributed by atoms with Crippen molar-refractivity contribution in [2.24, 2.45) is 0 Å². The Morgan fingerprint density at radius 3 is 2.86 bits per heavy atom. The highest BCUT2D eigenvalue weighted by Gasteiger charge is 2.16. The highest BCUT2D eigenvalue weighted by Crippen LogP contribution is 2.19. The van der Waals surface area contributed by atoms with Crippen LogP contribution in [0.3, 0.4) is 0 Å². The maximum absolute atomic E-state index is 13.0. The number of nitrogens with one attached hydrogen (secondary N) is 1. The molecule has 0 unspecified atom stereocenters. The van der Waals surface area contributed by atoms with Gasteiger partial charge in [0.05, 0.1) is 10.7 Å². The van der Waals surface area contributed by atoms with E-state index in [1.165, 1.54) is 12.1 Å². The predicted octanol–water partition coefficient (Wildman–Crippen LogP) is 2.43. The van der Waals surface area contributed by atoms with E-state index in [0.29, 0.717) is 11.4 Å². The van der Waals surface area contributed by atoms with Gasteiger partial charge in [0.25, 0.3) is 5.91 Å². The van der Waals surface area contributed by atoms with E-state index in [1.807, 2.05) is 0 Å². The Hall–Kier alpha value is -2.06. The Labute approximate surface area is 128 Å². The zero-order chi connectivity index (χ0) is 15.4. The van der Waals surface area contributed by atoms with E-state index in [-0.39, 0.29) is 9.90 Å². The first-order chi connectivity index (χ1) is 9.97. The lowest BCUT2D eigenvalue weighted by atomic mass is 10.3. The molecule has 2 rings (SSSR count). The van der Waals surface area contributed by atoms with Gasteiger partial charge in [-0.05, 0) is 36.7 Å². The molecule has 0 aliphatic heterocycles. The van der Waals surface area contributed by atoms with Crippen molar-refractivity contribution < 1.29 is 18.7 Å². The number of anilines is 1. The van der Waals surface area contributed by atoms with Gasteiger partial charge in [0.2, 0.25) is 0 Å². The molecule has 0 aliphatic carbocycles. The summed E-state index contributed by atoms with van der Waals surface area (Å²) in [5.74, 6) is -1.83. The van der Waals surface area contributed by atoms with Crippen LogP contribution in [0.25, 0.3) is 0 Å². The van der Waals surface area contributed by atoms with Crippen LogP contribution in [0.15, 0.2) is 18.2 Å². The summed E-state index contributed by atoms with van der Waals surface area (Å²) in [4.78, 5) is 23.5. The summed E-state index contributed by atoms with van der Waals surface area (Å²) in [6.07, 6.45) is 0. The van der Waals surface area contributed by atoms with Crippen molar-refractivity contribution in [1.82, 2.24) is 9.59 Å². The zero-order valence-electron chi connectivity index (χ0n) is 10.7. The maximum atomic E-state index is 13.0. The van der Waals surface area contributed by atoms with Gasteiger partial charge in [0.15, 0.2) is 11.5 Å². The second kappa shape index (κ2) is 6.59. The Morgan fingerprint density at radius 1 is 1.48 bits per heavy atom. The summed E-state index contributed by atoms with van der Waals surface area (Å²) < 4.78 is 21.4. The Morgan fingerprint density at radius 2 is 2.24 bits per heavy atom. The number of carbonyl (C=O) groups is 2. The molecule has 6 nitrogen and oxygen atoms in total. The van der Waals surface area contributed by atoms with Gasteiger partial charge >= 0.3 is 5.97 Å². The van der Waals surface area contributed by atoms with Crippen LogP contribution in [-0.4, -0.2) is 28.1 Å². The number of aromatic nitrogens is 2. The number of hydrogen-bond donors (Lipinski definition) is 1. The van der Waals surface area contributed by atoms with Gasteiger partial charge in [0.1, 0.15) is 5.82 Å². The number of nitrogens with zero attached hydrogens (tertiary/aromatic N) is 2. The third kappa shape index (κ3) is 3.96. The van der Waals surface area contributed by atoms with Crippen LogP contribution < -0.4 is 5.32 Å². The van der Waals surface area contributed by atoms with Crippen molar-refractivity contribution in [1.29, 1.82) is 0 Å². The van der Waals surface area contributed by atoms with Crippen molar-refractivity contribution in [2.45, 2.75) is 6.92 Å². The number of benzene rings is 1. The minimum Gasteiger partial charge on any atom is -0.451 e. The van der Waals surface area contributed by atoms with Crippen molar-refractivity contribution >= 4 is 40.7 Å². The molecule has 1 aromatic heterocycles. The van der Waals surface area contributed by atoms with Crippen molar-refractivity contribution in [3.8, 4) is 0 Å². The molecule has 110 valence electrons. The Bertz CT molecular complexity index is 692. The zero-order valence-corrected chi connectivity index (χ0v) is 12.3. The second-order valence-electron chi connectivity index (χ2n) is 3.94. The molecule has 2 aromatic rings.